The molecule has 0 unspecified atom stereocenters. The normalized spacial score (nSPS) is 10.4. The van der Waals surface area contributed by atoms with E-state index in [0.717, 1.165) is 16.8 Å². The molecule has 2 amide bonds. The molecule has 0 fully saturated rings. The molecule has 23 heavy (non-hydrogen) atoms. The highest BCUT2D eigenvalue weighted by atomic mass is 16.2. The average Bonchev–Trinajstić information content (AvgIpc) is 2.53. The van der Waals surface area contributed by atoms with E-state index in [-0.39, 0.29) is 6.03 Å². The summed E-state index contributed by atoms with van der Waals surface area (Å²) in [6.45, 7) is 5.27. The van der Waals surface area contributed by atoms with Gasteiger partial charge in [-0.05, 0) is 49.2 Å². The third-order valence-electron chi connectivity index (χ3n) is 3.34. The summed E-state index contributed by atoms with van der Waals surface area (Å²) in [6.07, 6.45) is 3.46. The van der Waals surface area contributed by atoms with E-state index in [9.17, 15) is 4.79 Å². The number of hydrogen-bond acceptors (Lipinski definition) is 3. The van der Waals surface area contributed by atoms with Crippen molar-refractivity contribution in [2.45, 2.75) is 33.0 Å². The van der Waals surface area contributed by atoms with Crippen LogP contribution in [0.5, 0.6) is 0 Å². The molecule has 0 aliphatic heterocycles. The van der Waals surface area contributed by atoms with Crippen molar-refractivity contribution in [1.82, 2.24) is 15.2 Å². The van der Waals surface area contributed by atoms with E-state index in [1.165, 1.54) is 0 Å². The highest BCUT2D eigenvalue weighted by Gasteiger charge is 2.08. The second-order valence-electron chi connectivity index (χ2n) is 5.87. The third-order valence-corrected chi connectivity index (χ3v) is 3.34. The Labute approximate surface area is 137 Å². The van der Waals surface area contributed by atoms with Gasteiger partial charge in [-0.2, -0.15) is 0 Å². The standard InChI is InChI=1S/C18H24N4O/c1-14(2)21-17-6-4-5-16(11-17)12-20-18(23)22(3)13-15-7-9-19-10-8-15/h4-11,14,21H,12-13H2,1-3H3,(H,20,23). The van der Waals surface area contributed by atoms with Gasteiger partial charge in [0.05, 0.1) is 0 Å². The molecule has 0 saturated carbocycles. The lowest BCUT2D eigenvalue weighted by Crippen LogP contribution is -2.36. The SMILES string of the molecule is CC(C)Nc1cccc(CNC(=O)N(C)Cc2ccncc2)c1. The molecule has 122 valence electrons. The zero-order valence-corrected chi connectivity index (χ0v) is 13.9. The Morgan fingerprint density at radius 3 is 2.61 bits per heavy atom. The number of aromatic nitrogens is 1. The van der Waals surface area contributed by atoms with Crippen LogP contribution in [0.2, 0.25) is 0 Å². The molecular formula is C18H24N4O. The number of amides is 2. The topological polar surface area (TPSA) is 57.3 Å². The lowest BCUT2D eigenvalue weighted by molar-refractivity contribution is 0.206. The molecule has 1 aromatic heterocycles. The van der Waals surface area contributed by atoms with Gasteiger partial charge in [0.2, 0.25) is 0 Å². The van der Waals surface area contributed by atoms with Crippen molar-refractivity contribution < 1.29 is 4.79 Å². The maximum absolute atomic E-state index is 12.2. The van der Waals surface area contributed by atoms with Gasteiger partial charge in [0.1, 0.15) is 0 Å². The highest BCUT2D eigenvalue weighted by molar-refractivity contribution is 5.73. The van der Waals surface area contributed by atoms with E-state index in [2.05, 4.69) is 35.5 Å². The molecule has 0 aliphatic rings. The fraction of sp³-hybridized carbons (Fsp3) is 0.333. The minimum Gasteiger partial charge on any atom is -0.383 e. The zero-order valence-electron chi connectivity index (χ0n) is 13.9. The third kappa shape index (κ3) is 5.62. The van der Waals surface area contributed by atoms with Gasteiger partial charge < -0.3 is 15.5 Å². The summed E-state index contributed by atoms with van der Waals surface area (Å²) in [7, 11) is 1.78. The molecule has 0 aliphatic carbocycles. The smallest absolute Gasteiger partial charge is 0.317 e. The second kappa shape index (κ2) is 8.17. The van der Waals surface area contributed by atoms with Crippen LogP contribution in [-0.2, 0) is 13.1 Å². The zero-order chi connectivity index (χ0) is 16.7. The number of anilines is 1. The van der Waals surface area contributed by atoms with Crippen LogP contribution < -0.4 is 10.6 Å². The van der Waals surface area contributed by atoms with E-state index in [1.54, 1.807) is 24.3 Å². The van der Waals surface area contributed by atoms with Gasteiger partial charge in [-0.3, -0.25) is 4.98 Å². The maximum Gasteiger partial charge on any atom is 0.317 e. The van der Waals surface area contributed by atoms with Crippen molar-refractivity contribution in [2.24, 2.45) is 0 Å². The summed E-state index contributed by atoms with van der Waals surface area (Å²) in [5.74, 6) is 0. The predicted octanol–water partition coefficient (Wildman–Crippen LogP) is 3.24. The molecule has 1 heterocycles. The summed E-state index contributed by atoms with van der Waals surface area (Å²) in [6, 6.07) is 12.2. The Morgan fingerprint density at radius 2 is 1.91 bits per heavy atom. The minimum atomic E-state index is -0.0935. The number of urea groups is 1. The fourth-order valence-corrected chi connectivity index (χ4v) is 2.25. The van der Waals surface area contributed by atoms with Gasteiger partial charge >= 0.3 is 6.03 Å². The quantitative estimate of drug-likeness (QED) is 0.861. The van der Waals surface area contributed by atoms with Gasteiger partial charge in [-0.15, -0.1) is 0 Å². The van der Waals surface area contributed by atoms with Crippen LogP contribution in [0.4, 0.5) is 10.5 Å². The Hall–Kier alpha value is -2.56. The molecule has 0 atom stereocenters. The van der Waals surface area contributed by atoms with Crippen LogP contribution in [0.15, 0.2) is 48.8 Å². The molecule has 2 aromatic rings. The van der Waals surface area contributed by atoms with E-state index in [1.807, 2.05) is 30.3 Å². The van der Waals surface area contributed by atoms with E-state index in [0.29, 0.717) is 19.1 Å². The molecule has 2 N–H and O–H groups in total. The summed E-state index contributed by atoms with van der Waals surface area (Å²) in [4.78, 5) is 17.8. The Kier molecular flexibility index (Phi) is 5.97. The number of carbonyl (C=O) groups is 1. The van der Waals surface area contributed by atoms with Gasteiger partial charge in [0.15, 0.2) is 0 Å². The fourth-order valence-electron chi connectivity index (χ4n) is 2.25. The lowest BCUT2D eigenvalue weighted by atomic mass is 10.2. The summed E-state index contributed by atoms with van der Waals surface area (Å²) in [5, 5.41) is 6.30. The van der Waals surface area contributed by atoms with Crippen LogP contribution in [-0.4, -0.2) is 29.0 Å². The largest absolute Gasteiger partial charge is 0.383 e. The summed E-state index contributed by atoms with van der Waals surface area (Å²) >= 11 is 0. The van der Waals surface area contributed by atoms with Gasteiger partial charge in [-0.25, -0.2) is 4.79 Å². The van der Waals surface area contributed by atoms with Crippen LogP contribution in [0.25, 0.3) is 0 Å². The van der Waals surface area contributed by atoms with Crippen molar-refractivity contribution in [3.63, 3.8) is 0 Å². The Morgan fingerprint density at radius 1 is 1.17 bits per heavy atom. The average molecular weight is 312 g/mol. The van der Waals surface area contributed by atoms with Crippen LogP contribution in [0.3, 0.4) is 0 Å². The molecule has 5 heteroatoms. The van der Waals surface area contributed by atoms with Crippen molar-refractivity contribution in [2.75, 3.05) is 12.4 Å². The van der Waals surface area contributed by atoms with Gasteiger partial charge in [0.25, 0.3) is 0 Å². The number of nitrogens with one attached hydrogen (secondary N) is 2. The number of nitrogens with zero attached hydrogens (tertiary/aromatic N) is 2. The van der Waals surface area contributed by atoms with Crippen molar-refractivity contribution in [3.05, 3.63) is 59.9 Å². The highest BCUT2D eigenvalue weighted by Crippen LogP contribution is 2.12. The first-order chi connectivity index (χ1) is 11.0. The summed E-state index contributed by atoms with van der Waals surface area (Å²) in [5.41, 5.74) is 3.19. The molecule has 5 nitrogen and oxygen atoms in total. The van der Waals surface area contributed by atoms with Crippen molar-refractivity contribution >= 4 is 11.7 Å². The monoisotopic (exact) mass is 312 g/mol. The van der Waals surface area contributed by atoms with E-state index >= 15 is 0 Å². The number of hydrogen-bond donors (Lipinski definition) is 2. The molecule has 0 bridgehead atoms. The first-order valence-corrected chi connectivity index (χ1v) is 7.78. The summed E-state index contributed by atoms with van der Waals surface area (Å²) < 4.78 is 0. The van der Waals surface area contributed by atoms with Crippen LogP contribution in [0.1, 0.15) is 25.0 Å². The van der Waals surface area contributed by atoms with Gasteiger partial charge in [-0.1, -0.05) is 12.1 Å². The molecule has 0 saturated heterocycles. The maximum atomic E-state index is 12.2. The van der Waals surface area contributed by atoms with E-state index < -0.39 is 0 Å². The lowest BCUT2D eigenvalue weighted by Gasteiger charge is -2.18. The van der Waals surface area contributed by atoms with Crippen LogP contribution >= 0.6 is 0 Å². The first-order valence-electron chi connectivity index (χ1n) is 7.78. The van der Waals surface area contributed by atoms with Crippen LogP contribution in [0, 0.1) is 0 Å². The first kappa shape index (κ1) is 16.8. The molecule has 2 rings (SSSR count). The van der Waals surface area contributed by atoms with Crippen molar-refractivity contribution in [1.29, 1.82) is 0 Å². The van der Waals surface area contributed by atoms with E-state index in [4.69, 9.17) is 0 Å². The molecule has 0 spiro atoms. The number of pyridine rings is 1. The van der Waals surface area contributed by atoms with Crippen molar-refractivity contribution in [3.8, 4) is 0 Å². The second-order valence-corrected chi connectivity index (χ2v) is 5.87. The Bertz CT molecular complexity index is 628. The number of carbonyl (C=O) groups excluding carboxylic acids is 1. The molecule has 1 aromatic carbocycles. The predicted molar refractivity (Wildman–Crippen MR) is 93.1 cm³/mol. The van der Waals surface area contributed by atoms with Gasteiger partial charge in [0, 0.05) is 44.3 Å². The number of benzene rings is 1. The minimum absolute atomic E-state index is 0.0935. The molecular weight excluding hydrogens is 288 g/mol. The number of rotatable bonds is 6. The Balaban J connectivity index is 1.86. The molecule has 0 radical (unpaired) electrons.